The van der Waals surface area contributed by atoms with Crippen molar-refractivity contribution < 1.29 is 9.59 Å². The molecule has 0 aliphatic carbocycles. The number of piperazine rings is 1. The molecule has 1 aromatic rings. The maximum Gasteiger partial charge on any atom is 0.225 e. The molecule has 2 aliphatic heterocycles. The average Bonchev–Trinajstić information content (AvgIpc) is 2.83. The van der Waals surface area contributed by atoms with Crippen molar-refractivity contribution in [1.82, 2.24) is 19.7 Å². The molecule has 0 aromatic carbocycles. The highest BCUT2D eigenvalue weighted by Crippen LogP contribution is 2.32. The van der Waals surface area contributed by atoms with Crippen molar-refractivity contribution in [2.24, 2.45) is 0 Å². The molecule has 7 nitrogen and oxygen atoms in total. The summed E-state index contributed by atoms with van der Waals surface area (Å²) in [5.74, 6) is 0.292. The molecule has 1 N–H and O–H groups in total. The van der Waals surface area contributed by atoms with Gasteiger partial charge in [-0.25, -0.2) is 0 Å². The van der Waals surface area contributed by atoms with Crippen LogP contribution < -0.4 is 5.32 Å². The van der Waals surface area contributed by atoms with Gasteiger partial charge in [0.15, 0.2) is 0 Å². The number of aromatic nitrogens is 1. The summed E-state index contributed by atoms with van der Waals surface area (Å²) in [4.78, 5) is 35.3. The van der Waals surface area contributed by atoms with Crippen LogP contribution in [0.5, 0.6) is 0 Å². The summed E-state index contributed by atoms with van der Waals surface area (Å²) < 4.78 is 0. The van der Waals surface area contributed by atoms with Crippen molar-refractivity contribution >= 4 is 17.5 Å². The van der Waals surface area contributed by atoms with Crippen molar-refractivity contribution in [1.29, 1.82) is 0 Å². The van der Waals surface area contributed by atoms with Gasteiger partial charge in [0.25, 0.3) is 0 Å². The SMILES string of the molecule is CCN1CCC2(CCC1=O)CN(CCC(=O)Nc1cccnc1)CCN2C. The van der Waals surface area contributed by atoms with Gasteiger partial charge in [0.1, 0.15) is 0 Å². The van der Waals surface area contributed by atoms with Crippen LogP contribution in [0.4, 0.5) is 5.69 Å². The predicted molar refractivity (Wildman–Crippen MR) is 105 cm³/mol. The molecule has 3 heterocycles. The first-order valence-corrected chi connectivity index (χ1v) is 9.94. The van der Waals surface area contributed by atoms with Gasteiger partial charge in [-0.2, -0.15) is 0 Å². The highest BCUT2D eigenvalue weighted by atomic mass is 16.2. The number of nitrogens with zero attached hydrogens (tertiary/aromatic N) is 4. The molecule has 2 aliphatic rings. The molecular weight excluding hydrogens is 342 g/mol. The van der Waals surface area contributed by atoms with E-state index >= 15 is 0 Å². The number of rotatable bonds is 5. The van der Waals surface area contributed by atoms with Crippen LogP contribution >= 0.6 is 0 Å². The van der Waals surface area contributed by atoms with Crippen LogP contribution in [0.1, 0.15) is 32.6 Å². The van der Waals surface area contributed by atoms with Crippen molar-refractivity contribution in [3.8, 4) is 0 Å². The Hall–Kier alpha value is -1.99. The molecule has 2 saturated heterocycles. The quantitative estimate of drug-likeness (QED) is 0.846. The average molecular weight is 374 g/mol. The molecular formula is C20H31N5O2. The summed E-state index contributed by atoms with van der Waals surface area (Å²) in [5.41, 5.74) is 0.775. The van der Waals surface area contributed by atoms with E-state index in [1.165, 1.54) is 0 Å². The second-order valence-electron chi connectivity index (χ2n) is 7.69. The van der Waals surface area contributed by atoms with Crippen molar-refractivity contribution in [2.75, 3.05) is 51.6 Å². The fourth-order valence-electron chi connectivity index (χ4n) is 4.22. The van der Waals surface area contributed by atoms with Crippen LogP contribution in [0.15, 0.2) is 24.5 Å². The number of amides is 2. The molecule has 1 unspecified atom stereocenters. The lowest BCUT2D eigenvalue weighted by atomic mass is 9.86. The van der Waals surface area contributed by atoms with E-state index in [0.29, 0.717) is 12.8 Å². The maximum atomic E-state index is 12.3. The van der Waals surface area contributed by atoms with E-state index in [1.54, 1.807) is 12.4 Å². The molecule has 1 spiro atoms. The summed E-state index contributed by atoms with van der Waals surface area (Å²) in [7, 11) is 2.18. The highest BCUT2D eigenvalue weighted by molar-refractivity contribution is 5.90. The zero-order chi connectivity index (χ0) is 19.3. The van der Waals surface area contributed by atoms with E-state index in [4.69, 9.17) is 0 Å². The standard InChI is InChI=1S/C20H31N5O2/c1-3-25-12-9-20(8-6-19(25)27)16-24(14-13-23(20)2)11-7-18(26)22-17-5-4-10-21-15-17/h4-5,10,15H,3,6-9,11-14,16H2,1-2H3,(H,22,26). The largest absolute Gasteiger partial charge is 0.343 e. The fraction of sp³-hybridized carbons (Fsp3) is 0.650. The minimum absolute atomic E-state index is 0.0178. The number of hydrogen-bond acceptors (Lipinski definition) is 5. The molecule has 2 fully saturated rings. The van der Waals surface area contributed by atoms with Gasteiger partial charge < -0.3 is 10.2 Å². The zero-order valence-electron chi connectivity index (χ0n) is 16.5. The Morgan fingerprint density at radius 3 is 2.89 bits per heavy atom. The summed E-state index contributed by atoms with van der Waals surface area (Å²) >= 11 is 0. The van der Waals surface area contributed by atoms with Crippen LogP contribution in [0.2, 0.25) is 0 Å². The smallest absolute Gasteiger partial charge is 0.225 e. The van der Waals surface area contributed by atoms with E-state index < -0.39 is 0 Å². The summed E-state index contributed by atoms with van der Waals surface area (Å²) in [5, 5.41) is 2.90. The predicted octanol–water partition coefficient (Wildman–Crippen LogP) is 1.43. The number of carbonyl (C=O) groups excluding carboxylic acids is 2. The number of hydrogen-bond donors (Lipinski definition) is 1. The van der Waals surface area contributed by atoms with Crippen LogP contribution in [0.25, 0.3) is 0 Å². The molecule has 0 saturated carbocycles. The van der Waals surface area contributed by atoms with E-state index in [-0.39, 0.29) is 17.4 Å². The first kappa shape index (κ1) is 19.8. The highest BCUT2D eigenvalue weighted by Gasteiger charge is 2.41. The number of nitrogens with one attached hydrogen (secondary N) is 1. The molecule has 7 heteroatoms. The van der Waals surface area contributed by atoms with Gasteiger partial charge in [0, 0.05) is 63.8 Å². The third kappa shape index (κ3) is 4.84. The Bertz CT molecular complexity index is 653. The van der Waals surface area contributed by atoms with E-state index in [2.05, 4.69) is 27.1 Å². The van der Waals surface area contributed by atoms with Crippen molar-refractivity contribution in [3.63, 3.8) is 0 Å². The van der Waals surface area contributed by atoms with Gasteiger partial charge in [-0.15, -0.1) is 0 Å². The van der Waals surface area contributed by atoms with Crippen molar-refractivity contribution in [3.05, 3.63) is 24.5 Å². The van der Waals surface area contributed by atoms with Gasteiger partial charge in [0.2, 0.25) is 11.8 Å². The van der Waals surface area contributed by atoms with E-state index in [0.717, 1.165) is 57.8 Å². The maximum absolute atomic E-state index is 12.3. The zero-order valence-corrected chi connectivity index (χ0v) is 16.5. The monoisotopic (exact) mass is 373 g/mol. The first-order valence-electron chi connectivity index (χ1n) is 9.94. The number of likely N-dealkylation sites (N-methyl/N-ethyl adjacent to an activating group) is 1. The molecule has 148 valence electrons. The Balaban J connectivity index is 1.55. The van der Waals surface area contributed by atoms with Gasteiger partial charge in [-0.3, -0.25) is 24.4 Å². The number of anilines is 1. The molecule has 2 amide bonds. The fourth-order valence-corrected chi connectivity index (χ4v) is 4.22. The lowest BCUT2D eigenvalue weighted by Gasteiger charge is -2.49. The van der Waals surface area contributed by atoms with Gasteiger partial charge in [0.05, 0.1) is 11.9 Å². The van der Waals surface area contributed by atoms with Gasteiger partial charge in [-0.05, 0) is 38.9 Å². The lowest BCUT2D eigenvalue weighted by Crippen LogP contribution is -2.61. The second-order valence-corrected chi connectivity index (χ2v) is 7.69. The molecule has 27 heavy (non-hydrogen) atoms. The topological polar surface area (TPSA) is 68.8 Å². The van der Waals surface area contributed by atoms with Crippen LogP contribution in [0, 0.1) is 0 Å². The summed E-state index contributed by atoms with van der Waals surface area (Å²) in [6.45, 7) is 7.27. The Kier molecular flexibility index (Phi) is 6.44. The third-order valence-corrected chi connectivity index (χ3v) is 6.07. The second kappa shape index (κ2) is 8.80. The normalized spacial score (nSPS) is 24.8. The Morgan fingerprint density at radius 1 is 1.30 bits per heavy atom. The molecule has 3 rings (SSSR count). The Labute approximate surface area is 161 Å². The first-order chi connectivity index (χ1) is 13.0. The van der Waals surface area contributed by atoms with Gasteiger partial charge in [-0.1, -0.05) is 0 Å². The van der Waals surface area contributed by atoms with Crippen LogP contribution in [-0.2, 0) is 9.59 Å². The number of pyridine rings is 1. The number of carbonyl (C=O) groups is 2. The number of likely N-dealkylation sites (tertiary alicyclic amines) is 1. The summed E-state index contributed by atoms with van der Waals surface area (Å²) in [6, 6.07) is 3.66. The third-order valence-electron chi connectivity index (χ3n) is 6.07. The van der Waals surface area contributed by atoms with Crippen LogP contribution in [-0.4, -0.2) is 83.4 Å². The molecule has 1 atom stereocenters. The minimum Gasteiger partial charge on any atom is -0.343 e. The van der Waals surface area contributed by atoms with Gasteiger partial charge >= 0.3 is 0 Å². The van der Waals surface area contributed by atoms with E-state index in [9.17, 15) is 9.59 Å². The van der Waals surface area contributed by atoms with Crippen LogP contribution in [0.3, 0.4) is 0 Å². The Morgan fingerprint density at radius 2 is 2.15 bits per heavy atom. The minimum atomic E-state index is 0.0178. The van der Waals surface area contributed by atoms with E-state index in [1.807, 2.05) is 24.0 Å². The molecule has 0 bridgehead atoms. The summed E-state index contributed by atoms with van der Waals surface area (Å²) in [6.07, 6.45) is 6.34. The molecule has 0 radical (unpaired) electrons. The lowest BCUT2D eigenvalue weighted by molar-refractivity contribution is -0.130. The van der Waals surface area contributed by atoms with Crippen molar-refractivity contribution in [2.45, 2.75) is 38.1 Å². The molecule has 1 aromatic heterocycles.